The van der Waals surface area contributed by atoms with Crippen molar-refractivity contribution < 1.29 is 8.78 Å². The van der Waals surface area contributed by atoms with Crippen LogP contribution in [0, 0.1) is 23.5 Å². The van der Waals surface area contributed by atoms with Gasteiger partial charge in [-0.05, 0) is 42.9 Å². The molecular weight excluding hydrogens is 232 g/mol. The fourth-order valence-electron chi connectivity index (χ4n) is 3.22. The largest absolute Gasteiger partial charge is 0.330 e. The van der Waals surface area contributed by atoms with E-state index < -0.39 is 11.6 Å². The van der Waals surface area contributed by atoms with Gasteiger partial charge < -0.3 is 5.73 Å². The second-order valence-electron chi connectivity index (χ2n) is 5.54. The molecule has 3 unspecified atom stereocenters. The van der Waals surface area contributed by atoms with Crippen molar-refractivity contribution >= 4 is 0 Å². The second kappa shape index (κ2) is 5.79. The van der Waals surface area contributed by atoms with Gasteiger partial charge in [0, 0.05) is 12.0 Å². The third-order valence-electron chi connectivity index (χ3n) is 4.16. The van der Waals surface area contributed by atoms with Gasteiger partial charge in [0.15, 0.2) is 0 Å². The van der Waals surface area contributed by atoms with E-state index in [-0.39, 0.29) is 5.92 Å². The quantitative estimate of drug-likeness (QED) is 0.870. The van der Waals surface area contributed by atoms with Gasteiger partial charge in [-0.1, -0.05) is 25.8 Å². The van der Waals surface area contributed by atoms with E-state index in [2.05, 4.69) is 6.92 Å². The first-order valence-electron chi connectivity index (χ1n) is 6.76. The monoisotopic (exact) mass is 253 g/mol. The van der Waals surface area contributed by atoms with Crippen LogP contribution in [0.1, 0.15) is 44.1 Å². The fourth-order valence-corrected chi connectivity index (χ4v) is 3.22. The van der Waals surface area contributed by atoms with Gasteiger partial charge in [0.2, 0.25) is 0 Å². The lowest BCUT2D eigenvalue weighted by Gasteiger charge is -2.33. The predicted octanol–water partition coefficient (Wildman–Crippen LogP) is 3.83. The van der Waals surface area contributed by atoms with Crippen LogP contribution in [0.2, 0.25) is 0 Å². The minimum Gasteiger partial charge on any atom is -0.330 e. The van der Waals surface area contributed by atoms with Gasteiger partial charge in [-0.25, -0.2) is 8.78 Å². The summed E-state index contributed by atoms with van der Waals surface area (Å²) >= 11 is 0. The minimum absolute atomic E-state index is 0.0216. The maximum absolute atomic E-state index is 13.8. The molecule has 1 aromatic carbocycles. The molecule has 1 nitrogen and oxygen atoms in total. The molecule has 3 atom stereocenters. The van der Waals surface area contributed by atoms with Crippen molar-refractivity contribution in [2.24, 2.45) is 17.6 Å². The predicted molar refractivity (Wildman–Crippen MR) is 69.3 cm³/mol. The summed E-state index contributed by atoms with van der Waals surface area (Å²) < 4.78 is 26.8. The molecule has 1 aliphatic carbocycles. The first kappa shape index (κ1) is 13.5. The van der Waals surface area contributed by atoms with E-state index in [1.807, 2.05) is 0 Å². The van der Waals surface area contributed by atoms with Crippen LogP contribution in [0.5, 0.6) is 0 Å². The van der Waals surface area contributed by atoms with E-state index in [1.54, 1.807) is 6.07 Å². The topological polar surface area (TPSA) is 26.0 Å². The maximum atomic E-state index is 13.8. The zero-order chi connectivity index (χ0) is 13.1. The molecule has 18 heavy (non-hydrogen) atoms. The van der Waals surface area contributed by atoms with Crippen LogP contribution in [0.4, 0.5) is 8.78 Å². The van der Waals surface area contributed by atoms with Crippen molar-refractivity contribution in [1.29, 1.82) is 0 Å². The third-order valence-corrected chi connectivity index (χ3v) is 4.16. The summed E-state index contributed by atoms with van der Waals surface area (Å²) in [7, 11) is 0. The molecule has 2 N–H and O–H groups in total. The van der Waals surface area contributed by atoms with Gasteiger partial charge in [0.05, 0.1) is 0 Å². The van der Waals surface area contributed by atoms with Gasteiger partial charge in [0.1, 0.15) is 11.6 Å². The van der Waals surface area contributed by atoms with Crippen molar-refractivity contribution in [2.45, 2.75) is 38.5 Å². The summed E-state index contributed by atoms with van der Waals surface area (Å²) in [5, 5.41) is 0. The Bertz CT molecular complexity index is 405. The van der Waals surface area contributed by atoms with Crippen LogP contribution in [0.15, 0.2) is 18.2 Å². The summed E-state index contributed by atoms with van der Waals surface area (Å²) in [6.07, 6.45) is 4.63. The van der Waals surface area contributed by atoms with E-state index >= 15 is 0 Å². The Morgan fingerprint density at radius 1 is 1.33 bits per heavy atom. The third kappa shape index (κ3) is 2.89. The highest BCUT2D eigenvalue weighted by molar-refractivity contribution is 5.24. The van der Waals surface area contributed by atoms with E-state index in [0.717, 1.165) is 18.9 Å². The molecule has 1 saturated carbocycles. The molecule has 0 bridgehead atoms. The lowest BCUT2D eigenvalue weighted by Crippen LogP contribution is -2.26. The van der Waals surface area contributed by atoms with Gasteiger partial charge in [-0.2, -0.15) is 0 Å². The SMILES string of the molecule is CC1CCCC(C(CN)c2ccc(F)cc2F)C1. The molecule has 1 fully saturated rings. The van der Waals surface area contributed by atoms with Crippen LogP contribution in [0.25, 0.3) is 0 Å². The Morgan fingerprint density at radius 2 is 2.11 bits per heavy atom. The normalized spacial score (nSPS) is 26.0. The molecule has 0 spiro atoms. The van der Waals surface area contributed by atoms with E-state index in [1.165, 1.54) is 18.9 Å². The van der Waals surface area contributed by atoms with Crippen molar-refractivity contribution in [3.05, 3.63) is 35.4 Å². The lowest BCUT2D eigenvalue weighted by atomic mass is 9.73. The summed E-state index contributed by atoms with van der Waals surface area (Å²) in [6, 6.07) is 3.85. The fraction of sp³-hybridized carbons (Fsp3) is 0.600. The molecule has 0 saturated heterocycles. The van der Waals surface area contributed by atoms with Crippen LogP contribution >= 0.6 is 0 Å². The highest BCUT2D eigenvalue weighted by atomic mass is 19.1. The average molecular weight is 253 g/mol. The van der Waals surface area contributed by atoms with Crippen LogP contribution in [-0.4, -0.2) is 6.54 Å². The molecule has 3 heteroatoms. The zero-order valence-electron chi connectivity index (χ0n) is 10.8. The Hall–Kier alpha value is -0.960. The molecule has 0 aliphatic heterocycles. The number of hydrogen-bond donors (Lipinski definition) is 1. The number of halogens is 2. The minimum atomic E-state index is -0.524. The van der Waals surface area contributed by atoms with Gasteiger partial charge in [-0.3, -0.25) is 0 Å². The van der Waals surface area contributed by atoms with Crippen LogP contribution < -0.4 is 5.73 Å². The Balaban J connectivity index is 2.21. The number of benzene rings is 1. The smallest absolute Gasteiger partial charge is 0.129 e. The maximum Gasteiger partial charge on any atom is 0.129 e. The molecule has 0 aromatic heterocycles. The number of nitrogens with two attached hydrogens (primary N) is 1. The van der Waals surface area contributed by atoms with Crippen LogP contribution in [0.3, 0.4) is 0 Å². The Morgan fingerprint density at radius 3 is 2.72 bits per heavy atom. The standard InChI is InChI=1S/C15H21F2N/c1-10-3-2-4-11(7-10)14(9-18)13-6-5-12(16)8-15(13)17/h5-6,8,10-11,14H,2-4,7,9,18H2,1H3. The molecule has 100 valence electrons. The highest BCUT2D eigenvalue weighted by Crippen LogP contribution is 2.38. The van der Waals surface area contributed by atoms with E-state index in [9.17, 15) is 8.78 Å². The summed E-state index contributed by atoms with van der Waals surface area (Å²) in [5.41, 5.74) is 6.41. The highest BCUT2D eigenvalue weighted by Gasteiger charge is 2.28. The van der Waals surface area contributed by atoms with Crippen LogP contribution in [-0.2, 0) is 0 Å². The van der Waals surface area contributed by atoms with E-state index in [4.69, 9.17) is 5.73 Å². The zero-order valence-corrected chi connectivity index (χ0v) is 10.8. The molecule has 0 heterocycles. The summed E-state index contributed by atoms with van der Waals surface area (Å²) in [5.74, 6) is 0.154. The molecular formula is C15H21F2N. The molecule has 1 aromatic rings. The molecule has 0 amide bonds. The second-order valence-corrected chi connectivity index (χ2v) is 5.54. The van der Waals surface area contributed by atoms with Crippen molar-refractivity contribution in [1.82, 2.24) is 0 Å². The Labute approximate surface area is 107 Å². The van der Waals surface area contributed by atoms with E-state index in [0.29, 0.717) is 23.9 Å². The van der Waals surface area contributed by atoms with Crippen molar-refractivity contribution in [3.8, 4) is 0 Å². The number of rotatable bonds is 3. The average Bonchev–Trinajstić information content (AvgIpc) is 2.33. The summed E-state index contributed by atoms with van der Waals surface area (Å²) in [4.78, 5) is 0. The lowest BCUT2D eigenvalue weighted by molar-refractivity contribution is 0.245. The summed E-state index contributed by atoms with van der Waals surface area (Å²) in [6.45, 7) is 2.67. The van der Waals surface area contributed by atoms with Crippen molar-refractivity contribution in [2.75, 3.05) is 6.54 Å². The number of hydrogen-bond acceptors (Lipinski definition) is 1. The molecule has 1 aliphatic rings. The van der Waals surface area contributed by atoms with Gasteiger partial charge >= 0.3 is 0 Å². The first-order chi connectivity index (χ1) is 8.61. The van der Waals surface area contributed by atoms with Gasteiger partial charge in [-0.15, -0.1) is 0 Å². The Kier molecular flexibility index (Phi) is 4.33. The molecule has 2 rings (SSSR count). The van der Waals surface area contributed by atoms with Gasteiger partial charge in [0.25, 0.3) is 0 Å². The van der Waals surface area contributed by atoms with Crippen molar-refractivity contribution in [3.63, 3.8) is 0 Å². The first-order valence-corrected chi connectivity index (χ1v) is 6.76. The molecule has 0 radical (unpaired) electrons.